The van der Waals surface area contributed by atoms with Crippen LogP contribution in [0.25, 0.3) is 10.9 Å². The maximum absolute atomic E-state index is 12.5. The number of para-hydroxylation sites is 1. The molecule has 0 atom stereocenters. The Balaban J connectivity index is 2.24. The number of aromatic nitrogens is 1. The molecule has 1 N–H and O–H groups in total. The Morgan fingerprint density at radius 1 is 1.35 bits per heavy atom. The maximum Gasteiger partial charge on any atom is 0.256 e. The van der Waals surface area contributed by atoms with Gasteiger partial charge in [0.25, 0.3) is 5.91 Å². The van der Waals surface area contributed by atoms with Gasteiger partial charge in [0.2, 0.25) is 5.43 Å². The number of carbonyl (C=O) groups excluding carboxylic acids is 1. The zero-order valence-electron chi connectivity index (χ0n) is 11.8. The molecule has 0 saturated carbocycles. The quantitative estimate of drug-likeness (QED) is 0.908. The summed E-state index contributed by atoms with van der Waals surface area (Å²) in [6, 6.07) is 5.80. The third kappa shape index (κ3) is 2.01. The van der Waals surface area contributed by atoms with Gasteiger partial charge >= 0.3 is 0 Å². The summed E-state index contributed by atoms with van der Waals surface area (Å²) in [5.74, 6) is -0.286. The number of pyridine rings is 1. The lowest BCUT2D eigenvalue weighted by molar-refractivity contribution is 0.0941. The number of hydrogen-bond donors (Lipinski definition) is 1. The molecule has 20 heavy (non-hydrogen) atoms. The molecule has 0 radical (unpaired) electrons. The van der Waals surface area contributed by atoms with Crippen molar-refractivity contribution in [2.24, 2.45) is 0 Å². The molecule has 1 aromatic heterocycles. The maximum atomic E-state index is 12.5. The predicted octanol–water partition coefficient (Wildman–Crippen LogP) is 2.09. The van der Waals surface area contributed by atoms with Crippen LogP contribution in [0.15, 0.2) is 29.2 Å². The van der Waals surface area contributed by atoms with Gasteiger partial charge in [-0.1, -0.05) is 12.1 Å². The average Bonchev–Trinajstić information content (AvgIpc) is 2.42. The molecule has 2 aromatic rings. The first-order valence-electron chi connectivity index (χ1n) is 7.04. The molecular formula is C16H18N2O2. The Kier molecular flexibility index (Phi) is 3.08. The average molecular weight is 270 g/mol. The second kappa shape index (κ2) is 4.78. The summed E-state index contributed by atoms with van der Waals surface area (Å²) in [5.41, 5.74) is 2.26. The van der Waals surface area contributed by atoms with Gasteiger partial charge < -0.3 is 9.88 Å². The van der Waals surface area contributed by atoms with Crippen LogP contribution < -0.4 is 10.7 Å². The lowest BCUT2D eigenvalue weighted by Crippen LogP contribution is -2.34. The normalized spacial score (nSPS) is 13.8. The largest absolute Gasteiger partial charge is 0.350 e. The van der Waals surface area contributed by atoms with Crippen LogP contribution >= 0.6 is 0 Å². The van der Waals surface area contributed by atoms with E-state index in [9.17, 15) is 9.59 Å². The fraction of sp³-hybridized carbons (Fsp3) is 0.375. The van der Waals surface area contributed by atoms with Crippen LogP contribution in [0.3, 0.4) is 0 Å². The Morgan fingerprint density at radius 2 is 2.15 bits per heavy atom. The van der Waals surface area contributed by atoms with Crippen molar-refractivity contribution in [1.29, 1.82) is 0 Å². The lowest BCUT2D eigenvalue weighted by Gasteiger charge is -2.20. The molecule has 0 saturated heterocycles. The van der Waals surface area contributed by atoms with Crippen molar-refractivity contribution in [3.8, 4) is 0 Å². The molecule has 0 fully saturated rings. The van der Waals surface area contributed by atoms with Crippen LogP contribution in [0.2, 0.25) is 0 Å². The van der Waals surface area contributed by atoms with E-state index in [0.29, 0.717) is 5.39 Å². The fourth-order valence-corrected chi connectivity index (χ4v) is 2.86. The molecule has 2 heterocycles. The van der Waals surface area contributed by atoms with E-state index in [-0.39, 0.29) is 22.9 Å². The van der Waals surface area contributed by atoms with Gasteiger partial charge in [-0.05, 0) is 38.3 Å². The van der Waals surface area contributed by atoms with E-state index < -0.39 is 0 Å². The van der Waals surface area contributed by atoms with Crippen molar-refractivity contribution in [2.45, 2.75) is 39.3 Å². The highest BCUT2D eigenvalue weighted by atomic mass is 16.2. The van der Waals surface area contributed by atoms with E-state index in [1.54, 1.807) is 6.20 Å². The number of nitrogens with zero attached hydrogens (tertiary/aromatic N) is 1. The molecule has 3 rings (SSSR count). The molecule has 1 amide bonds. The van der Waals surface area contributed by atoms with E-state index in [0.717, 1.165) is 24.9 Å². The van der Waals surface area contributed by atoms with Gasteiger partial charge in [0.15, 0.2) is 0 Å². The molecule has 1 aromatic carbocycles. The summed E-state index contributed by atoms with van der Waals surface area (Å²) >= 11 is 0. The Bertz CT molecular complexity index is 744. The van der Waals surface area contributed by atoms with Crippen LogP contribution in [0.5, 0.6) is 0 Å². The van der Waals surface area contributed by atoms with Crippen molar-refractivity contribution in [1.82, 2.24) is 9.88 Å². The molecular weight excluding hydrogens is 252 g/mol. The summed E-state index contributed by atoms with van der Waals surface area (Å²) in [6.45, 7) is 4.63. The topological polar surface area (TPSA) is 51.1 Å². The van der Waals surface area contributed by atoms with Crippen molar-refractivity contribution >= 4 is 16.8 Å². The molecule has 104 valence electrons. The summed E-state index contributed by atoms with van der Waals surface area (Å²) < 4.78 is 2.05. The van der Waals surface area contributed by atoms with Gasteiger partial charge in [0, 0.05) is 24.2 Å². The SMILES string of the molecule is CC(C)NC(=O)c1cn2c3c(cccc3c1=O)CCC2. The van der Waals surface area contributed by atoms with E-state index in [1.165, 1.54) is 5.56 Å². The third-order valence-corrected chi connectivity index (χ3v) is 3.69. The molecule has 4 heteroatoms. The lowest BCUT2D eigenvalue weighted by atomic mass is 9.99. The molecule has 1 aliphatic heterocycles. The first-order valence-corrected chi connectivity index (χ1v) is 7.04. The van der Waals surface area contributed by atoms with Crippen molar-refractivity contribution < 1.29 is 4.79 Å². The molecule has 0 aliphatic carbocycles. The monoisotopic (exact) mass is 270 g/mol. The number of rotatable bonds is 2. The highest BCUT2D eigenvalue weighted by molar-refractivity contribution is 5.98. The minimum absolute atomic E-state index is 0.0188. The van der Waals surface area contributed by atoms with Crippen LogP contribution in [-0.4, -0.2) is 16.5 Å². The summed E-state index contributed by atoms with van der Waals surface area (Å²) in [7, 11) is 0. The summed E-state index contributed by atoms with van der Waals surface area (Å²) in [6.07, 6.45) is 3.75. The highest BCUT2D eigenvalue weighted by Gasteiger charge is 2.19. The highest BCUT2D eigenvalue weighted by Crippen LogP contribution is 2.23. The molecule has 4 nitrogen and oxygen atoms in total. The van der Waals surface area contributed by atoms with Crippen LogP contribution in [0.4, 0.5) is 0 Å². The Morgan fingerprint density at radius 3 is 2.90 bits per heavy atom. The number of aryl methyl sites for hydroxylation is 2. The van der Waals surface area contributed by atoms with Gasteiger partial charge in [-0.25, -0.2) is 0 Å². The first-order chi connectivity index (χ1) is 9.58. The van der Waals surface area contributed by atoms with Crippen molar-refractivity contribution in [3.63, 3.8) is 0 Å². The van der Waals surface area contributed by atoms with E-state index in [4.69, 9.17) is 0 Å². The number of hydrogen-bond acceptors (Lipinski definition) is 2. The smallest absolute Gasteiger partial charge is 0.256 e. The second-order valence-corrected chi connectivity index (χ2v) is 5.61. The zero-order chi connectivity index (χ0) is 14.3. The molecule has 1 aliphatic rings. The number of amides is 1. The van der Waals surface area contributed by atoms with E-state index in [2.05, 4.69) is 11.4 Å². The van der Waals surface area contributed by atoms with Crippen LogP contribution in [-0.2, 0) is 13.0 Å². The third-order valence-electron chi connectivity index (χ3n) is 3.69. The second-order valence-electron chi connectivity index (χ2n) is 5.61. The van der Waals surface area contributed by atoms with Crippen LogP contribution in [0, 0.1) is 0 Å². The number of benzene rings is 1. The summed E-state index contributed by atoms with van der Waals surface area (Å²) in [5, 5.41) is 3.45. The van der Waals surface area contributed by atoms with Gasteiger partial charge in [-0.2, -0.15) is 0 Å². The summed E-state index contributed by atoms with van der Waals surface area (Å²) in [4.78, 5) is 24.7. The van der Waals surface area contributed by atoms with Gasteiger partial charge in [0.1, 0.15) is 5.56 Å². The van der Waals surface area contributed by atoms with Gasteiger partial charge in [-0.3, -0.25) is 9.59 Å². The molecule has 0 spiro atoms. The molecule has 0 bridgehead atoms. The number of carbonyl (C=O) groups is 1. The Labute approximate surface area is 117 Å². The standard InChI is InChI=1S/C16H18N2O2/c1-10(2)17-16(20)13-9-18-8-4-6-11-5-3-7-12(14(11)18)15(13)19/h3,5,7,9-10H,4,6,8H2,1-2H3,(H,17,20). The van der Waals surface area contributed by atoms with E-state index in [1.807, 2.05) is 30.5 Å². The minimum atomic E-state index is -0.286. The van der Waals surface area contributed by atoms with Crippen LogP contribution in [0.1, 0.15) is 36.2 Å². The predicted molar refractivity (Wildman–Crippen MR) is 79.1 cm³/mol. The Hall–Kier alpha value is -2.10. The van der Waals surface area contributed by atoms with Crippen molar-refractivity contribution in [3.05, 3.63) is 45.7 Å². The minimum Gasteiger partial charge on any atom is -0.350 e. The van der Waals surface area contributed by atoms with Gasteiger partial charge in [-0.15, -0.1) is 0 Å². The van der Waals surface area contributed by atoms with Crippen molar-refractivity contribution in [2.75, 3.05) is 0 Å². The first kappa shape index (κ1) is 12.9. The number of nitrogens with one attached hydrogen (secondary N) is 1. The fourth-order valence-electron chi connectivity index (χ4n) is 2.86. The van der Waals surface area contributed by atoms with E-state index >= 15 is 0 Å². The van der Waals surface area contributed by atoms with Gasteiger partial charge in [0.05, 0.1) is 5.52 Å². The zero-order valence-corrected chi connectivity index (χ0v) is 11.8. The molecule has 0 unspecified atom stereocenters.